The highest BCUT2D eigenvalue weighted by molar-refractivity contribution is 5.83. The van der Waals surface area contributed by atoms with Crippen LogP contribution in [-0.2, 0) is 19.1 Å². The molecule has 24 heavy (non-hydrogen) atoms. The van der Waals surface area contributed by atoms with E-state index in [-0.39, 0.29) is 25.4 Å². The van der Waals surface area contributed by atoms with Gasteiger partial charge in [-0.05, 0) is 40.5 Å². The lowest BCUT2D eigenvalue weighted by atomic mass is 10.1. The summed E-state index contributed by atoms with van der Waals surface area (Å²) in [5.41, 5.74) is -0.667. The summed E-state index contributed by atoms with van der Waals surface area (Å²) in [4.78, 5) is 35.6. The number of hydrogen-bond acceptors (Lipinski definition) is 5. The van der Waals surface area contributed by atoms with Gasteiger partial charge in [0.2, 0.25) is 5.91 Å². The zero-order chi connectivity index (χ0) is 18.6. The van der Waals surface area contributed by atoms with Crippen molar-refractivity contribution in [2.75, 3.05) is 13.2 Å². The lowest BCUT2D eigenvalue weighted by Crippen LogP contribution is -2.44. The van der Waals surface area contributed by atoms with E-state index in [1.165, 1.54) is 0 Å². The summed E-state index contributed by atoms with van der Waals surface area (Å²) in [5, 5.41) is 5.27. The molecule has 140 valence electrons. The molecule has 0 aliphatic carbocycles. The van der Waals surface area contributed by atoms with Gasteiger partial charge in [-0.25, -0.2) is 9.59 Å². The monoisotopic (exact) mass is 344 g/mol. The van der Waals surface area contributed by atoms with Crippen molar-refractivity contribution in [3.8, 4) is 0 Å². The van der Waals surface area contributed by atoms with Gasteiger partial charge >= 0.3 is 12.1 Å². The smallest absolute Gasteiger partial charge is 0.408 e. The maximum Gasteiger partial charge on any atom is 0.408 e. The van der Waals surface area contributed by atoms with Crippen LogP contribution < -0.4 is 10.6 Å². The van der Waals surface area contributed by atoms with Gasteiger partial charge in [-0.3, -0.25) is 4.79 Å². The SMILES string of the molecule is CCCCCNC(=O)CC[C@@H](NC(=O)OC(C)(C)C)C(=O)OCC. The van der Waals surface area contributed by atoms with E-state index in [0.29, 0.717) is 6.54 Å². The number of carbonyl (C=O) groups excluding carboxylic acids is 3. The maximum absolute atomic E-state index is 11.9. The summed E-state index contributed by atoms with van der Waals surface area (Å²) in [7, 11) is 0. The average Bonchev–Trinajstić information content (AvgIpc) is 2.46. The molecule has 0 rings (SSSR count). The van der Waals surface area contributed by atoms with E-state index in [1.54, 1.807) is 27.7 Å². The van der Waals surface area contributed by atoms with E-state index in [9.17, 15) is 14.4 Å². The minimum absolute atomic E-state index is 0.130. The number of esters is 1. The Balaban J connectivity index is 4.43. The molecule has 1 atom stereocenters. The fraction of sp³-hybridized carbons (Fsp3) is 0.824. The van der Waals surface area contributed by atoms with Crippen molar-refractivity contribution in [3.05, 3.63) is 0 Å². The number of nitrogens with one attached hydrogen (secondary N) is 2. The molecule has 0 aromatic carbocycles. The molecule has 0 spiro atoms. The van der Waals surface area contributed by atoms with Crippen LogP contribution in [0.2, 0.25) is 0 Å². The number of unbranched alkanes of at least 4 members (excludes halogenated alkanes) is 2. The Kier molecular flexibility index (Phi) is 10.8. The number of amides is 2. The first-order valence-corrected chi connectivity index (χ1v) is 8.62. The van der Waals surface area contributed by atoms with Crippen molar-refractivity contribution >= 4 is 18.0 Å². The van der Waals surface area contributed by atoms with Crippen LogP contribution in [0.3, 0.4) is 0 Å². The quantitative estimate of drug-likeness (QED) is 0.469. The minimum atomic E-state index is -0.902. The second kappa shape index (κ2) is 11.7. The van der Waals surface area contributed by atoms with Crippen LogP contribution in [0.5, 0.6) is 0 Å². The Labute approximate surface area is 144 Å². The zero-order valence-corrected chi connectivity index (χ0v) is 15.6. The molecule has 0 heterocycles. The van der Waals surface area contributed by atoms with Crippen molar-refractivity contribution in [2.24, 2.45) is 0 Å². The first-order chi connectivity index (χ1) is 11.2. The Hall–Kier alpha value is -1.79. The maximum atomic E-state index is 11.9. The predicted molar refractivity (Wildman–Crippen MR) is 91.6 cm³/mol. The van der Waals surface area contributed by atoms with Crippen molar-refractivity contribution in [1.29, 1.82) is 0 Å². The first kappa shape index (κ1) is 22.2. The Morgan fingerprint density at radius 2 is 1.75 bits per heavy atom. The number of carbonyl (C=O) groups is 3. The highest BCUT2D eigenvalue weighted by Gasteiger charge is 2.25. The van der Waals surface area contributed by atoms with E-state index >= 15 is 0 Å². The summed E-state index contributed by atoms with van der Waals surface area (Å²) in [6.45, 7) is 9.79. The van der Waals surface area contributed by atoms with Crippen LogP contribution in [-0.4, -0.2) is 42.8 Å². The molecule has 7 nitrogen and oxygen atoms in total. The molecular weight excluding hydrogens is 312 g/mol. The average molecular weight is 344 g/mol. The summed E-state index contributed by atoms with van der Waals surface area (Å²) in [6, 6.07) is -0.902. The molecule has 0 radical (unpaired) electrons. The van der Waals surface area contributed by atoms with Crippen molar-refractivity contribution in [1.82, 2.24) is 10.6 Å². The Morgan fingerprint density at radius 3 is 2.29 bits per heavy atom. The van der Waals surface area contributed by atoms with Gasteiger partial charge in [0.05, 0.1) is 6.61 Å². The van der Waals surface area contributed by atoms with Gasteiger partial charge in [0.25, 0.3) is 0 Å². The molecule has 0 aromatic heterocycles. The minimum Gasteiger partial charge on any atom is -0.464 e. The molecule has 0 aliphatic heterocycles. The number of hydrogen-bond donors (Lipinski definition) is 2. The summed E-state index contributed by atoms with van der Waals surface area (Å²) >= 11 is 0. The van der Waals surface area contributed by atoms with E-state index in [4.69, 9.17) is 9.47 Å². The summed E-state index contributed by atoms with van der Waals surface area (Å²) < 4.78 is 10.1. The van der Waals surface area contributed by atoms with Gasteiger partial charge in [-0.15, -0.1) is 0 Å². The van der Waals surface area contributed by atoms with Crippen LogP contribution in [0.4, 0.5) is 4.79 Å². The van der Waals surface area contributed by atoms with Crippen LogP contribution in [0.1, 0.15) is 66.7 Å². The molecular formula is C17H32N2O5. The molecule has 7 heteroatoms. The molecule has 0 saturated carbocycles. The van der Waals surface area contributed by atoms with E-state index in [1.807, 2.05) is 0 Å². The molecule has 2 amide bonds. The summed E-state index contributed by atoms with van der Waals surface area (Å²) in [6.07, 6.45) is 2.67. The predicted octanol–water partition coefficient (Wildman–Crippen LogP) is 2.53. The van der Waals surface area contributed by atoms with Crippen LogP contribution >= 0.6 is 0 Å². The molecule has 0 aromatic rings. The molecule has 0 bridgehead atoms. The lowest BCUT2D eigenvalue weighted by Gasteiger charge is -2.22. The van der Waals surface area contributed by atoms with E-state index < -0.39 is 23.7 Å². The van der Waals surface area contributed by atoms with Gasteiger partial charge in [-0.2, -0.15) is 0 Å². The summed E-state index contributed by atoms with van der Waals surface area (Å²) in [5.74, 6) is -0.714. The van der Waals surface area contributed by atoms with Crippen molar-refractivity contribution in [2.45, 2.75) is 78.4 Å². The zero-order valence-electron chi connectivity index (χ0n) is 15.6. The first-order valence-electron chi connectivity index (χ1n) is 8.62. The lowest BCUT2D eigenvalue weighted by molar-refractivity contribution is -0.145. The second-order valence-corrected chi connectivity index (χ2v) is 6.55. The third kappa shape index (κ3) is 11.7. The number of alkyl carbamates (subject to hydrolysis) is 1. The van der Waals surface area contributed by atoms with Crippen LogP contribution in [0.15, 0.2) is 0 Å². The molecule has 0 unspecified atom stereocenters. The van der Waals surface area contributed by atoms with Gasteiger partial charge in [-0.1, -0.05) is 19.8 Å². The van der Waals surface area contributed by atoms with Gasteiger partial charge < -0.3 is 20.1 Å². The molecule has 0 aliphatic rings. The van der Waals surface area contributed by atoms with E-state index in [0.717, 1.165) is 19.3 Å². The normalized spacial score (nSPS) is 12.2. The van der Waals surface area contributed by atoms with Crippen LogP contribution in [0.25, 0.3) is 0 Å². The third-order valence-electron chi connectivity index (χ3n) is 3.02. The Morgan fingerprint density at radius 1 is 1.08 bits per heavy atom. The standard InChI is InChI=1S/C17H32N2O5/c1-6-8-9-12-18-14(20)11-10-13(15(21)23-7-2)19-16(22)24-17(3,4)5/h13H,6-12H2,1-5H3,(H,18,20)(H,19,22)/t13-/m1/s1. The van der Waals surface area contributed by atoms with E-state index in [2.05, 4.69) is 17.6 Å². The van der Waals surface area contributed by atoms with Gasteiger partial charge in [0, 0.05) is 13.0 Å². The molecule has 0 saturated heterocycles. The van der Waals surface area contributed by atoms with Crippen molar-refractivity contribution < 1.29 is 23.9 Å². The number of ether oxygens (including phenoxy) is 2. The Bertz CT molecular complexity index is 404. The fourth-order valence-corrected chi connectivity index (χ4v) is 1.91. The fourth-order valence-electron chi connectivity index (χ4n) is 1.91. The van der Waals surface area contributed by atoms with Gasteiger partial charge in [0.15, 0.2) is 0 Å². The molecule has 0 fully saturated rings. The third-order valence-corrected chi connectivity index (χ3v) is 3.02. The van der Waals surface area contributed by atoms with Crippen LogP contribution in [0, 0.1) is 0 Å². The van der Waals surface area contributed by atoms with Gasteiger partial charge in [0.1, 0.15) is 11.6 Å². The largest absolute Gasteiger partial charge is 0.464 e. The number of rotatable bonds is 10. The highest BCUT2D eigenvalue weighted by atomic mass is 16.6. The second-order valence-electron chi connectivity index (χ2n) is 6.55. The molecule has 2 N–H and O–H groups in total. The highest BCUT2D eigenvalue weighted by Crippen LogP contribution is 2.08. The van der Waals surface area contributed by atoms with Crippen molar-refractivity contribution in [3.63, 3.8) is 0 Å². The topological polar surface area (TPSA) is 93.7 Å².